The second kappa shape index (κ2) is 2.71. The number of hydrogen-bond acceptors (Lipinski definition) is 2. The first-order valence-electron chi connectivity index (χ1n) is 5.14. The summed E-state index contributed by atoms with van der Waals surface area (Å²) in [5, 5.41) is 3.59. The van der Waals surface area contributed by atoms with Crippen molar-refractivity contribution in [1.82, 2.24) is 5.32 Å². The minimum Gasteiger partial charge on any atom is -0.327 e. The Bertz CT molecular complexity index is 173. The van der Waals surface area contributed by atoms with Gasteiger partial charge in [0.1, 0.15) is 0 Å². The van der Waals surface area contributed by atoms with Gasteiger partial charge in [0, 0.05) is 18.1 Å². The lowest BCUT2D eigenvalue weighted by molar-refractivity contribution is 0.434. The predicted molar refractivity (Wildman–Crippen MR) is 50.9 cm³/mol. The van der Waals surface area contributed by atoms with E-state index in [9.17, 15) is 0 Å². The third kappa shape index (κ3) is 1.38. The lowest BCUT2D eigenvalue weighted by atomic mass is 10.0. The average Bonchev–Trinajstić information content (AvgIpc) is 2.60. The van der Waals surface area contributed by atoms with E-state index in [2.05, 4.69) is 19.2 Å². The van der Waals surface area contributed by atoms with Crippen LogP contribution in [0.4, 0.5) is 0 Å². The summed E-state index contributed by atoms with van der Waals surface area (Å²) in [7, 11) is 0. The number of hydrogen-bond donors (Lipinski definition) is 2. The van der Waals surface area contributed by atoms with Crippen molar-refractivity contribution in [2.24, 2.45) is 11.1 Å². The van der Waals surface area contributed by atoms with Gasteiger partial charge in [-0.1, -0.05) is 13.8 Å². The summed E-state index contributed by atoms with van der Waals surface area (Å²) in [6.07, 6.45) is 5.28. The summed E-state index contributed by atoms with van der Waals surface area (Å²) >= 11 is 0. The van der Waals surface area contributed by atoms with Crippen LogP contribution in [0.15, 0.2) is 0 Å². The van der Waals surface area contributed by atoms with Crippen molar-refractivity contribution >= 4 is 0 Å². The van der Waals surface area contributed by atoms with Crippen molar-refractivity contribution < 1.29 is 0 Å². The van der Waals surface area contributed by atoms with Gasteiger partial charge in [0.2, 0.25) is 0 Å². The van der Waals surface area contributed by atoms with Crippen molar-refractivity contribution in [1.29, 1.82) is 0 Å². The van der Waals surface area contributed by atoms with Crippen molar-refractivity contribution in [3.05, 3.63) is 0 Å². The molecule has 70 valence electrons. The predicted octanol–water partition coefficient (Wildman–Crippen LogP) is 1.25. The maximum absolute atomic E-state index is 6.10. The largest absolute Gasteiger partial charge is 0.327 e. The van der Waals surface area contributed by atoms with Gasteiger partial charge in [-0.05, 0) is 31.1 Å². The van der Waals surface area contributed by atoms with E-state index in [-0.39, 0.29) is 0 Å². The summed E-state index contributed by atoms with van der Waals surface area (Å²) in [5.41, 5.74) is 6.68. The van der Waals surface area contributed by atoms with E-state index in [1.165, 1.54) is 25.7 Å². The Kier molecular flexibility index (Phi) is 1.92. The molecule has 2 saturated carbocycles. The molecule has 2 heteroatoms. The topological polar surface area (TPSA) is 38.0 Å². The molecular formula is C10H20N2. The zero-order valence-corrected chi connectivity index (χ0v) is 8.14. The molecule has 0 saturated heterocycles. The minimum absolute atomic E-state index is 0.480. The Balaban J connectivity index is 1.89. The van der Waals surface area contributed by atoms with Crippen LogP contribution in [-0.2, 0) is 0 Å². The van der Waals surface area contributed by atoms with Crippen molar-refractivity contribution in [2.45, 2.75) is 57.7 Å². The maximum Gasteiger partial charge on any atom is 0.0111 e. The highest BCUT2D eigenvalue weighted by atomic mass is 15.0. The van der Waals surface area contributed by atoms with E-state index in [0.717, 1.165) is 0 Å². The minimum atomic E-state index is 0.480. The number of rotatable bonds is 2. The van der Waals surface area contributed by atoms with Gasteiger partial charge in [-0.3, -0.25) is 0 Å². The van der Waals surface area contributed by atoms with Crippen LogP contribution < -0.4 is 11.1 Å². The first-order chi connectivity index (χ1) is 5.62. The summed E-state index contributed by atoms with van der Waals surface area (Å²) in [4.78, 5) is 0. The third-order valence-electron chi connectivity index (χ3n) is 3.44. The van der Waals surface area contributed by atoms with Crippen LogP contribution in [-0.4, -0.2) is 18.1 Å². The highest BCUT2D eigenvalue weighted by Crippen LogP contribution is 2.56. The van der Waals surface area contributed by atoms with Gasteiger partial charge >= 0.3 is 0 Å². The fraction of sp³-hybridized carbons (Fsp3) is 1.00. The molecular weight excluding hydrogens is 148 g/mol. The Morgan fingerprint density at radius 3 is 2.50 bits per heavy atom. The van der Waals surface area contributed by atoms with Crippen LogP contribution >= 0.6 is 0 Å². The lowest BCUT2D eigenvalue weighted by Crippen LogP contribution is -2.33. The van der Waals surface area contributed by atoms with Gasteiger partial charge in [0.15, 0.2) is 0 Å². The van der Waals surface area contributed by atoms with Gasteiger partial charge in [-0.15, -0.1) is 0 Å². The molecule has 0 radical (unpaired) electrons. The van der Waals surface area contributed by atoms with Crippen LogP contribution in [0.25, 0.3) is 0 Å². The summed E-state index contributed by atoms with van der Waals surface area (Å²) in [6, 6.07) is 1.78. The monoisotopic (exact) mass is 168 g/mol. The Hall–Kier alpha value is -0.0800. The van der Waals surface area contributed by atoms with Crippen LogP contribution in [0.2, 0.25) is 0 Å². The SMILES string of the molecule is CC(C)NC1CC(N)C2(CC2)C1. The van der Waals surface area contributed by atoms with Crippen molar-refractivity contribution in [2.75, 3.05) is 0 Å². The molecule has 0 aliphatic heterocycles. The van der Waals surface area contributed by atoms with Crippen LogP contribution in [0.5, 0.6) is 0 Å². The van der Waals surface area contributed by atoms with Crippen LogP contribution in [0.1, 0.15) is 39.5 Å². The molecule has 0 bridgehead atoms. The molecule has 12 heavy (non-hydrogen) atoms. The number of nitrogens with two attached hydrogens (primary N) is 1. The summed E-state index contributed by atoms with van der Waals surface area (Å²) in [6.45, 7) is 4.42. The first-order valence-corrected chi connectivity index (χ1v) is 5.14. The second-order valence-corrected chi connectivity index (χ2v) is 4.93. The van der Waals surface area contributed by atoms with Gasteiger partial charge in [-0.25, -0.2) is 0 Å². The molecule has 0 amide bonds. The lowest BCUT2D eigenvalue weighted by Gasteiger charge is -2.15. The fourth-order valence-corrected chi connectivity index (χ4v) is 2.62. The normalized spacial score (nSPS) is 38.0. The van der Waals surface area contributed by atoms with E-state index >= 15 is 0 Å². The zero-order valence-electron chi connectivity index (χ0n) is 8.14. The zero-order chi connectivity index (χ0) is 8.77. The quantitative estimate of drug-likeness (QED) is 0.651. The molecule has 2 aliphatic rings. The second-order valence-electron chi connectivity index (χ2n) is 4.93. The van der Waals surface area contributed by atoms with E-state index in [0.29, 0.717) is 23.5 Å². The molecule has 3 N–H and O–H groups in total. The van der Waals surface area contributed by atoms with Crippen LogP contribution in [0, 0.1) is 5.41 Å². The fourth-order valence-electron chi connectivity index (χ4n) is 2.62. The van der Waals surface area contributed by atoms with E-state index in [1.807, 2.05) is 0 Å². The van der Waals surface area contributed by atoms with Gasteiger partial charge in [-0.2, -0.15) is 0 Å². The molecule has 2 unspecified atom stereocenters. The van der Waals surface area contributed by atoms with E-state index in [4.69, 9.17) is 5.73 Å². The molecule has 0 heterocycles. The molecule has 2 rings (SSSR count). The third-order valence-corrected chi connectivity index (χ3v) is 3.44. The summed E-state index contributed by atoms with van der Waals surface area (Å²) in [5.74, 6) is 0. The van der Waals surface area contributed by atoms with E-state index < -0.39 is 0 Å². The molecule has 0 aromatic heterocycles. The van der Waals surface area contributed by atoms with Gasteiger partial charge < -0.3 is 11.1 Å². The Morgan fingerprint density at radius 1 is 1.42 bits per heavy atom. The van der Waals surface area contributed by atoms with E-state index in [1.54, 1.807) is 0 Å². The van der Waals surface area contributed by atoms with Crippen molar-refractivity contribution in [3.63, 3.8) is 0 Å². The first kappa shape index (κ1) is 8.52. The molecule has 0 aromatic carbocycles. The van der Waals surface area contributed by atoms with Gasteiger partial charge in [0.25, 0.3) is 0 Å². The highest BCUT2D eigenvalue weighted by molar-refractivity contribution is 5.09. The smallest absolute Gasteiger partial charge is 0.0111 e. The molecule has 1 spiro atoms. The Morgan fingerprint density at radius 2 is 2.08 bits per heavy atom. The molecule has 2 atom stereocenters. The summed E-state index contributed by atoms with van der Waals surface area (Å²) < 4.78 is 0. The molecule has 2 aliphatic carbocycles. The Labute approximate surface area is 74.9 Å². The average molecular weight is 168 g/mol. The molecule has 0 aromatic rings. The molecule has 2 fully saturated rings. The standard InChI is InChI=1S/C10H20N2/c1-7(2)12-8-5-9(11)10(6-8)3-4-10/h7-9,12H,3-6,11H2,1-2H3. The van der Waals surface area contributed by atoms with Gasteiger partial charge in [0.05, 0.1) is 0 Å². The molecule has 2 nitrogen and oxygen atoms in total. The maximum atomic E-state index is 6.10. The highest BCUT2D eigenvalue weighted by Gasteiger charge is 2.53. The van der Waals surface area contributed by atoms with Crippen LogP contribution in [0.3, 0.4) is 0 Å². The number of nitrogens with one attached hydrogen (secondary N) is 1. The van der Waals surface area contributed by atoms with Crippen molar-refractivity contribution in [3.8, 4) is 0 Å².